The maximum absolute atomic E-state index is 13.1. The second-order valence-electron chi connectivity index (χ2n) is 5.94. The quantitative estimate of drug-likeness (QED) is 0.710. The lowest BCUT2D eigenvalue weighted by molar-refractivity contribution is -0.137. The summed E-state index contributed by atoms with van der Waals surface area (Å²) in [4.78, 5) is 12.3. The molecule has 2 aromatic carbocycles. The summed E-state index contributed by atoms with van der Waals surface area (Å²) < 4.78 is 63.9. The molecule has 1 N–H and O–H groups in total. The zero-order chi connectivity index (χ0) is 21.3. The molecule has 0 heterocycles. The van der Waals surface area contributed by atoms with Crippen LogP contribution in [-0.4, -0.2) is 27.1 Å². The van der Waals surface area contributed by atoms with Gasteiger partial charge in [-0.15, -0.1) is 0 Å². The first-order chi connectivity index (χ1) is 12.8. The monoisotopic (exact) mass is 454 g/mol. The molecule has 0 saturated heterocycles. The lowest BCUT2D eigenvalue weighted by Crippen LogP contribution is -2.37. The number of benzene rings is 2. The Kier molecular flexibility index (Phi) is 6.52. The summed E-state index contributed by atoms with van der Waals surface area (Å²) in [6, 6.07) is 7.29. The predicted molar refractivity (Wildman–Crippen MR) is 103 cm³/mol. The number of hydrogen-bond donors (Lipinski definition) is 1. The summed E-state index contributed by atoms with van der Waals surface area (Å²) in [6.45, 7) is 1.03. The Labute approximate surface area is 170 Å². The van der Waals surface area contributed by atoms with Crippen LogP contribution >= 0.6 is 23.2 Å². The van der Waals surface area contributed by atoms with Crippen molar-refractivity contribution in [3.63, 3.8) is 0 Å². The lowest BCUT2D eigenvalue weighted by Gasteiger charge is -2.23. The van der Waals surface area contributed by atoms with Gasteiger partial charge in [-0.3, -0.25) is 9.10 Å². The molecule has 0 aliphatic rings. The Hall–Kier alpha value is -1.97. The summed E-state index contributed by atoms with van der Waals surface area (Å²) in [5.74, 6) is -0.756. The first-order valence-corrected chi connectivity index (χ1v) is 10.3. The van der Waals surface area contributed by atoms with Gasteiger partial charge in [0, 0.05) is 10.7 Å². The molecule has 0 atom stereocenters. The molecule has 0 aliphatic carbocycles. The number of rotatable bonds is 5. The summed E-state index contributed by atoms with van der Waals surface area (Å²) in [7, 11) is -4.06. The molecule has 28 heavy (non-hydrogen) atoms. The van der Waals surface area contributed by atoms with Crippen molar-refractivity contribution < 1.29 is 26.4 Å². The van der Waals surface area contributed by atoms with E-state index in [1.54, 1.807) is 19.1 Å². The average molecular weight is 455 g/mol. The minimum Gasteiger partial charge on any atom is -0.324 e. The molecule has 11 heteroatoms. The highest BCUT2D eigenvalue weighted by Crippen LogP contribution is 2.37. The van der Waals surface area contributed by atoms with Gasteiger partial charge in [-0.1, -0.05) is 29.3 Å². The highest BCUT2D eigenvalue weighted by Gasteiger charge is 2.34. The smallest absolute Gasteiger partial charge is 0.324 e. The molecule has 2 rings (SSSR count). The fourth-order valence-corrected chi connectivity index (χ4v) is 3.54. The number of anilines is 2. The van der Waals surface area contributed by atoms with E-state index in [9.17, 15) is 26.4 Å². The van der Waals surface area contributed by atoms with Crippen molar-refractivity contribution in [2.24, 2.45) is 0 Å². The van der Waals surface area contributed by atoms with Crippen molar-refractivity contribution in [3.05, 3.63) is 57.6 Å². The highest BCUT2D eigenvalue weighted by atomic mass is 35.5. The zero-order valence-electron chi connectivity index (χ0n) is 14.6. The molecule has 0 fully saturated rings. The van der Waals surface area contributed by atoms with Crippen molar-refractivity contribution in [3.8, 4) is 0 Å². The topological polar surface area (TPSA) is 66.5 Å². The minimum absolute atomic E-state index is 0.320. The van der Waals surface area contributed by atoms with Gasteiger partial charge in [0.25, 0.3) is 0 Å². The third-order valence-electron chi connectivity index (χ3n) is 3.69. The van der Waals surface area contributed by atoms with Gasteiger partial charge in [0.2, 0.25) is 15.9 Å². The van der Waals surface area contributed by atoms with Crippen LogP contribution in [0.4, 0.5) is 24.5 Å². The lowest BCUT2D eigenvalue weighted by atomic mass is 10.2. The standard InChI is InChI=1S/C17H15Cl2F3N2O3S/c1-10-3-4-11(7-15(10)19)23-16(25)9-24(28(2,26)27)12-5-6-14(18)13(8-12)17(20,21)22/h3-8H,9H2,1-2H3,(H,23,25). The number of sulfonamides is 1. The molecule has 0 radical (unpaired) electrons. The Morgan fingerprint density at radius 3 is 2.29 bits per heavy atom. The van der Waals surface area contributed by atoms with Gasteiger partial charge >= 0.3 is 6.18 Å². The van der Waals surface area contributed by atoms with E-state index >= 15 is 0 Å². The first kappa shape index (κ1) is 22.3. The van der Waals surface area contributed by atoms with Gasteiger partial charge in [0.05, 0.1) is 22.5 Å². The Bertz CT molecular complexity index is 1010. The fourth-order valence-electron chi connectivity index (χ4n) is 2.29. The molecular formula is C17H15Cl2F3N2O3S. The number of hydrogen-bond acceptors (Lipinski definition) is 3. The van der Waals surface area contributed by atoms with Crippen LogP contribution in [0.5, 0.6) is 0 Å². The average Bonchev–Trinajstić information content (AvgIpc) is 2.55. The Morgan fingerprint density at radius 1 is 1.11 bits per heavy atom. The van der Waals surface area contributed by atoms with Crippen molar-refractivity contribution in [1.29, 1.82) is 0 Å². The van der Waals surface area contributed by atoms with Crippen LogP contribution in [-0.2, 0) is 21.0 Å². The molecular weight excluding hydrogens is 440 g/mol. The van der Waals surface area contributed by atoms with Gasteiger partial charge in [-0.2, -0.15) is 13.2 Å². The molecule has 0 saturated carbocycles. The molecule has 2 aromatic rings. The largest absolute Gasteiger partial charge is 0.417 e. The van der Waals surface area contributed by atoms with E-state index in [0.717, 1.165) is 24.0 Å². The molecule has 0 bridgehead atoms. The van der Waals surface area contributed by atoms with E-state index in [2.05, 4.69) is 5.32 Å². The maximum Gasteiger partial charge on any atom is 0.417 e. The summed E-state index contributed by atoms with van der Waals surface area (Å²) in [5, 5.41) is 2.27. The van der Waals surface area contributed by atoms with Crippen molar-refractivity contribution in [2.45, 2.75) is 13.1 Å². The highest BCUT2D eigenvalue weighted by molar-refractivity contribution is 7.92. The number of carbonyl (C=O) groups is 1. The molecule has 1 amide bonds. The minimum atomic E-state index is -4.78. The summed E-state index contributed by atoms with van der Waals surface area (Å²) in [5.41, 5.74) is -0.443. The van der Waals surface area contributed by atoms with Crippen LogP contribution < -0.4 is 9.62 Å². The van der Waals surface area contributed by atoms with E-state index in [-0.39, 0.29) is 5.69 Å². The van der Waals surface area contributed by atoms with E-state index < -0.39 is 39.2 Å². The fraction of sp³-hybridized carbons (Fsp3) is 0.235. The van der Waals surface area contributed by atoms with E-state index in [4.69, 9.17) is 23.2 Å². The number of nitrogens with zero attached hydrogens (tertiary/aromatic N) is 1. The van der Waals surface area contributed by atoms with E-state index in [1.165, 1.54) is 6.07 Å². The van der Waals surface area contributed by atoms with Gasteiger partial charge in [-0.05, 0) is 42.8 Å². The molecule has 5 nitrogen and oxygen atoms in total. The molecule has 0 unspecified atom stereocenters. The summed E-state index contributed by atoms with van der Waals surface area (Å²) in [6.07, 6.45) is -4.00. The van der Waals surface area contributed by atoms with Gasteiger partial charge < -0.3 is 5.32 Å². The molecule has 0 aliphatic heterocycles. The SMILES string of the molecule is Cc1ccc(NC(=O)CN(c2ccc(Cl)c(C(F)(F)F)c2)S(C)(=O)=O)cc1Cl. The van der Waals surface area contributed by atoms with Crippen LogP contribution in [0, 0.1) is 6.92 Å². The number of amides is 1. The predicted octanol–water partition coefficient (Wildman–Crippen LogP) is 4.73. The van der Waals surface area contributed by atoms with Crippen molar-refractivity contribution >= 4 is 50.5 Å². The number of carbonyl (C=O) groups excluding carboxylic acids is 1. The van der Waals surface area contributed by atoms with Crippen LogP contribution in [0.25, 0.3) is 0 Å². The number of nitrogens with one attached hydrogen (secondary N) is 1. The zero-order valence-corrected chi connectivity index (χ0v) is 17.0. The van der Waals surface area contributed by atoms with E-state index in [0.29, 0.717) is 21.1 Å². The van der Waals surface area contributed by atoms with Gasteiger partial charge in [0.15, 0.2) is 0 Å². The van der Waals surface area contributed by atoms with E-state index in [1.807, 2.05) is 0 Å². The third kappa shape index (κ3) is 5.52. The second kappa shape index (κ2) is 8.18. The summed E-state index contributed by atoms with van der Waals surface area (Å²) >= 11 is 11.5. The number of aryl methyl sites for hydroxylation is 1. The first-order valence-electron chi connectivity index (χ1n) is 7.69. The maximum atomic E-state index is 13.1. The van der Waals surface area contributed by atoms with Crippen molar-refractivity contribution in [1.82, 2.24) is 0 Å². The van der Waals surface area contributed by atoms with Crippen LogP contribution in [0.15, 0.2) is 36.4 Å². The van der Waals surface area contributed by atoms with Gasteiger partial charge in [0.1, 0.15) is 6.54 Å². The van der Waals surface area contributed by atoms with Gasteiger partial charge in [-0.25, -0.2) is 8.42 Å². The third-order valence-corrected chi connectivity index (χ3v) is 5.56. The van der Waals surface area contributed by atoms with Crippen LogP contribution in [0.1, 0.15) is 11.1 Å². The van der Waals surface area contributed by atoms with Crippen LogP contribution in [0.2, 0.25) is 10.0 Å². The molecule has 0 aromatic heterocycles. The Morgan fingerprint density at radius 2 is 1.75 bits per heavy atom. The number of alkyl halides is 3. The number of halogens is 5. The Balaban J connectivity index is 2.32. The molecule has 0 spiro atoms. The van der Waals surface area contributed by atoms with Crippen molar-refractivity contribution in [2.75, 3.05) is 22.4 Å². The normalized spacial score (nSPS) is 12.0. The molecule has 152 valence electrons. The van der Waals surface area contributed by atoms with Crippen LogP contribution in [0.3, 0.4) is 0 Å². The second-order valence-corrected chi connectivity index (χ2v) is 8.66.